The highest BCUT2D eigenvalue weighted by Crippen LogP contribution is 2.36. The third-order valence-corrected chi connectivity index (χ3v) is 6.28. The Morgan fingerprint density at radius 1 is 0.762 bits per heavy atom. The van der Waals surface area contributed by atoms with Crippen LogP contribution >= 0.6 is 22.7 Å². The van der Waals surface area contributed by atoms with Crippen LogP contribution in [-0.4, -0.2) is 4.57 Å². The lowest BCUT2D eigenvalue weighted by Gasteiger charge is -2.06. The molecule has 3 heterocycles. The van der Waals surface area contributed by atoms with Crippen LogP contribution in [0.15, 0.2) is 22.9 Å². The second-order valence-electron chi connectivity index (χ2n) is 5.90. The summed E-state index contributed by atoms with van der Waals surface area (Å²) in [5.74, 6) is 0. The minimum absolute atomic E-state index is 1.18. The Morgan fingerprint density at radius 2 is 1.29 bits per heavy atom. The Hall–Kier alpha value is -0.800. The summed E-state index contributed by atoms with van der Waals surface area (Å²) in [5, 5.41) is 4.46. The molecular weight excluding hydrogens is 294 g/mol. The molecule has 3 heteroatoms. The molecule has 0 unspecified atom stereocenters. The number of hydrogen-bond acceptors (Lipinski definition) is 2. The van der Waals surface area contributed by atoms with Crippen LogP contribution in [0.25, 0.3) is 20.4 Å². The number of rotatable bonds is 9. The van der Waals surface area contributed by atoms with Crippen molar-refractivity contribution in [3.05, 3.63) is 22.9 Å². The molecule has 0 aromatic carbocycles. The van der Waals surface area contributed by atoms with E-state index in [9.17, 15) is 0 Å². The van der Waals surface area contributed by atoms with Crippen LogP contribution in [-0.2, 0) is 6.54 Å². The van der Waals surface area contributed by atoms with Crippen molar-refractivity contribution in [2.75, 3.05) is 0 Å². The fraction of sp³-hybridized carbons (Fsp3) is 0.556. The molecule has 0 N–H and O–H groups in total. The third-order valence-electron chi connectivity index (χ3n) is 4.31. The standard InChI is InChI=1S/C18H25NS2/c1-2-3-4-5-6-7-8-9-12-19-15-10-13-20-17(15)18-16(19)11-14-21-18/h10-11,13-14H,2-9,12H2,1H3. The van der Waals surface area contributed by atoms with E-state index < -0.39 is 0 Å². The van der Waals surface area contributed by atoms with E-state index in [1.807, 2.05) is 22.7 Å². The van der Waals surface area contributed by atoms with Crippen molar-refractivity contribution >= 4 is 43.1 Å². The van der Waals surface area contributed by atoms with E-state index in [-0.39, 0.29) is 0 Å². The molecule has 0 fully saturated rings. The van der Waals surface area contributed by atoms with Crippen molar-refractivity contribution in [1.82, 2.24) is 4.57 Å². The summed E-state index contributed by atoms with van der Waals surface area (Å²) in [6.07, 6.45) is 11.1. The SMILES string of the molecule is CCCCCCCCCCn1c2ccsc2c2sccc21. The molecule has 3 rings (SSSR count). The second kappa shape index (κ2) is 7.46. The van der Waals surface area contributed by atoms with Crippen molar-refractivity contribution < 1.29 is 0 Å². The van der Waals surface area contributed by atoms with Gasteiger partial charge in [0.2, 0.25) is 0 Å². The lowest BCUT2D eigenvalue weighted by molar-refractivity contribution is 0.553. The van der Waals surface area contributed by atoms with Crippen molar-refractivity contribution in [2.24, 2.45) is 0 Å². The largest absolute Gasteiger partial charge is 0.339 e. The van der Waals surface area contributed by atoms with Crippen LogP contribution in [0.2, 0.25) is 0 Å². The van der Waals surface area contributed by atoms with Gasteiger partial charge in [-0.3, -0.25) is 0 Å². The second-order valence-corrected chi connectivity index (χ2v) is 7.73. The molecule has 0 amide bonds. The maximum absolute atomic E-state index is 2.54. The van der Waals surface area contributed by atoms with E-state index in [2.05, 4.69) is 34.4 Å². The van der Waals surface area contributed by atoms with Crippen LogP contribution in [0.3, 0.4) is 0 Å². The minimum atomic E-state index is 1.18. The number of aromatic nitrogens is 1. The molecule has 0 spiro atoms. The molecule has 0 bridgehead atoms. The molecule has 114 valence electrons. The Balaban J connectivity index is 1.50. The van der Waals surface area contributed by atoms with Gasteiger partial charge in [0, 0.05) is 6.54 Å². The summed E-state index contributed by atoms with van der Waals surface area (Å²) in [5.41, 5.74) is 2.90. The van der Waals surface area contributed by atoms with Crippen LogP contribution in [0.4, 0.5) is 0 Å². The minimum Gasteiger partial charge on any atom is -0.339 e. The summed E-state index contributed by atoms with van der Waals surface area (Å²) < 4.78 is 5.51. The Kier molecular flexibility index (Phi) is 5.37. The average molecular weight is 320 g/mol. The highest BCUT2D eigenvalue weighted by molar-refractivity contribution is 7.25. The van der Waals surface area contributed by atoms with E-state index in [0.29, 0.717) is 0 Å². The molecule has 0 aliphatic rings. The zero-order valence-electron chi connectivity index (χ0n) is 12.9. The average Bonchev–Trinajstić information content (AvgIpc) is 3.17. The predicted molar refractivity (Wildman–Crippen MR) is 97.8 cm³/mol. The van der Waals surface area contributed by atoms with Crippen LogP contribution < -0.4 is 0 Å². The van der Waals surface area contributed by atoms with Crippen molar-refractivity contribution in [3.8, 4) is 0 Å². The van der Waals surface area contributed by atoms with Gasteiger partial charge in [0.05, 0.1) is 20.4 Å². The first kappa shape index (κ1) is 15.1. The molecule has 0 aliphatic carbocycles. The zero-order valence-corrected chi connectivity index (χ0v) is 14.6. The maximum Gasteiger partial charge on any atom is 0.0700 e. The van der Waals surface area contributed by atoms with Crippen LogP contribution in [0.1, 0.15) is 58.3 Å². The first-order valence-electron chi connectivity index (χ1n) is 8.34. The van der Waals surface area contributed by atoms with E-state index in [0.717, 1.165) is 0 Å². The summed E-state index contributed by atoms with van der Waals surface area (Å²) in [6, 6.07) is 4.58. The van der Waals surface area contributed by atoms with Gasteiger partial charge >= 0.3 is 0 Å². The van der Waals surface area contributed by atoms with Crippen LogP contribution in [0, 0.1) is 0 Å². The topological polar surface area (TPSA) is 4.93 Å². The monoisotopic (exact) mass is 319 g/mol. The molecule has 0 radical (unpaired) electrons. The molecule has 21 heavy (non-hydrogen) atoms. The normalized spacial score (nSPS) is 11.9. The van der Waals surface area contributed by atoms with E-state index >= 15 is 0 Å². The Labute approximate surface area is 135 Å². The lowest BCUT2D eigenvalue weighted by atomic mass is 10.1. The summed E-state index contributed by atoms with van der Waals surface area (Å²) in [4.78, 5) is 0. The van der Waals surface area contributed by atoms with Gasteiger partial charge in [-0.05, 0) is 29.3 Å². The number of aryl methyl sites for hydroxylation is 1. The van der Waals surface area contributed by atoms with Gasteiger partial charge < -0.3 is 4.57 Å². The number of nitrogens with zero attached hydrogens (tertiary/aromatic N) is 1. The Morgan fingerprint density at radius 3 is 1.86 bits per heavy atom. The maximum atomic E-state index is 2.54. The first-order chi connectivity index (χ1) is 10.4. The van der Waals surface area contributed by atoms with Crippen LogP contribution in [0.5, 0.6) is 0 Å². The van der Waals surface area contributed by atoms with Crippen molar-refractivity contribution in [2.45, 2.75) is 64.8 Å². The summed E-state index contributed by atoms with van der Waals surface area (Å²) in [7, 11) is 0. The fourth-order valence-electron chi connectivity index (χ4n) is 3.14. The molecular formula is C18H25NS2. The Bertz CT molecular complexity index is 626. The molecule has 1 nitrogen and oxygen atoms in total. The molecule has 3 aromatic rings. The summed E-state index contributed by atoms with van der Waals surface area (Å²) >= 11 is 3.77. The van der Waals surface area contributed by atoms with E-state index in [1.165, 1.54) is 78.3 Å². The molecule has 0 atom stereocenters. The number of fused-ring (bicyclic) bond motifs is 3. The highest BCUT2D eigenvalue weighted by Gasteiger charge is 2.11. The summed E-state index contributed by atoms with van der Waals surface area (Å²) in [6.45, 7) is 3.47. The van der Waals surface area contributed by atoms with Gasteiger partial charge in [-0.25, -0.2) is 0 Å². The molecule has 3 aromatic heterocycles. The van der Waals surface area contributed by atoms with Gasteiger partial charge in [-0.15, -0.1) is 22.7 Å². The number of unbranched alkanes of at least 4 members (excludes halogenated alkanes) is 7. The molecule has 0 saturated heterocycles. The van der Waals surface area contributed by atoms with E-state index in [1.54, 1.807) is 0 Å². The van der Waals surface area contributed by atoms with Gasteiger partial charge in [0.15, 0.2) is 0 Å². The van der Waals surface area contributed by atoms with Gasteiger partial charge in [0.1, 0.15) is 0 Å². The quantitative estimate of drug-likeness (QED) is 0.372. The highest BCUT2D eigenvalue weighted by atomic mass is 32.1. The van der Waals surface area contributed by atoms with E-state index in [4.69, 9.17) is 0 Å². The molecule has 0 aliphatic heterocycles. The van der Waals surface area contributed by atoms with Gasteiger partial charge in [0.25, 0.3) is 0 Å². The fourth-order valence-corrected chi connectivity index (χ4v) is 5.12. The smallest absolute Gasteiger partial charge is 0.0700 e. The zero-order chi connectivity index (χ0) is 14.5. The number of hydrogen-bond donors (Lipinski definition) is 0. The van der Waals surface area contributed by atoms with Gasteiger partial charge in [-0.1, -0.05) is 51.9 Å². The number of thiophene rings is 2. The van der Waals surface area contributed by atoms with Gasteiger partial charge in [-0.2, -0.15) is 0 Å². The predicted octanol–water partition coefficient (Wildman–Crippen LogP) is 7.06. The van der Waals surface area contributed by atoms with Crippen molar-refractivity contribution in [1.29, 1.82) is 0 Å². The lowest BCUT2D eigenvalue weighted by Crippen LogP contribution is -1.96. The van der Waals surface area contributed by atoms with Crippen molar-refractivity contribution in [3.63, 3.8) is 0 Å². The first-order valence-corrected chi connectivity index (χ1v) is 10.1. The molecule has 0 saturated carbocycles. The third kappa shape index (κ3) is 3.35.